The van der Waals surface area contributed by atoms with Gasteiger partial charge in [0.05, 0.1) is 0 Å². The number of para-hydroxylation sites is 1. The second-order valence-corrected chi connectivity index (χ2v) is 4.77. The zero-order valence-electron chi connectivity index (χ0n) is 10.7. The van der Waals surface area contributed by atoms with Crippen molar-refractivity contribution in [3.63, 3.8) is 0 Å². The summed E-state index contributed by atoms with van der Waals surface area (Å²) in [6, 6.07) is 17.3. The van der Waals surface area contributed by atoms with Crippen molar-refractivity contribution >= 4 is 11.4 Å². The predicted molar refractivity (Wildman–Crippen MR) is 76.4 cm³/mol. The fourth-order valence-electron chi connectivity index (χ4n) is 2.47. The molecule has 1 N–H and O–H groups in total. The number of hydrogen-bond acceptors (Lipinski definition) is 2. The van der Waals surface area contributed by atoms with E-state index in [0.29, 0.717) is 0 Å². The number of anilines is 2. The molecule has 0 aromatic heterocycles. The lowest BCUT2D eigenvalue weighted by molar-refractivity contribution is 0.644. The fraction of sp³-hybridized carbons (Fsp3) is 0.250. The molecule has 0 saturated heterocycles. The molecule has 2 nitrogen and oxygen atoms in total. The van der Waals surface area contributed by atoms with Gasteiger partial charge in [0.25, 0.3) is 0 Å². The third-order valence-electron chi connectivity index (χ3n) is 3.61. The maximum absolute atomic E-state index is 3.41. The highest BCUT2D eigenvalue weighted by molar-refractivity contribution is 5.63. The largest absolute Gasteiger partial charge is 0.345 e. The van der Waals surface area contributed by atoms with Crippen molar-refractivity contribution in [1.29, 1.82) is 0 Å². The second kappa shape index (κ2) is 4.83. The Kier molecular flexibility index (Phi) is 3.03. The van der Waals surface area contributed by atoms with Gasteiger partial charge < -0.3 is 10.2 Å². The summed E-state index contributed by atoms with van der Waals surface area (Å²) in [5, 5.41) is 3.41. The summed E-state index contributed by atoms with van der Waals surface area (Å²) in [5.74, 6) is 0. The minimum Gasteiger partial charge on any atom is -0.345 e. The first-order valence-corrected chi connectivity index (χ1v) is 6.46. The van der Waals surface area contributed by atoms with Crippen LogP contribution in [0.5, 0.6) is 0 Å². The van der Waals surface area contributed by atoms with Gasteiger partial charge in [-0.05, 0) is 48.4 Å². The van der Waals surface area contributed by atoms with Gasteiger partial charge in [0.1, 0.15) is 0 Å². The monoisotopic (exact) mass is 238 g/mol. The maximum atomic E-state index is 3.41. The van der Waals surface area contributed by atoms with Gasteiger partial charge in [-0.3, -0.25) is 0 Å². The van der Waals surface area contributed by atoms with Crippen molar-refractivity contribution in [3.8, 4) is 0 Å². The standard InChI is InChI=1S/C16H18N2/c1-18(15-5-3-2-4-6-15)16-8-7-14-12-17-10-9-13(14)11-16/h2-8,11,17H,9-10,12H2,1H3. The first-order chi connectivity index (χ1) is 8.84. The van der Waals surface area contributed by atoms with Crippen molar-refractivity contribution < 1.29 is 0 Å². The molecule has 2 heteroatoms. The van der Waals surface area contributed by atoms with Gasteiger partial charge in [-0.25, -0.2) is 0 Å². The summed E-state index contributed by atoms with van der Waals surface area (Å²) in [6.45, 7) is 2.09. The third kappa shape index (κ3) is 2.12. The van der Waals surface area contributed by atoms with Gasteiger partial charge in [-0.2, -0.15) is 0 Å². The van der Waals surface area contributed by atoms with Gasteiger partial charge in [0.2, 0.25) is 0 Å². The number of fused-ring (bicyclic) bond motifs is 1. The Morgan fingerprint density at radius 2 is 1.78 bits per heavy atom. The van der Waals surface area contributed by atoms with E-state index in [4.69, 9.17) is 0 Å². The number of benzene rings is 2. The molecule has 0 bridgehead atoms. The molecule has 0 amide bonds. The summed E-state index contributed by atoms with van der Waals surface area (Å²) in [5.41, 5.74) is 5.41. The molecule has 3 rings (SSSR count). The first kappa shape index (κ1) is 11.3. The Hall–Kier alpha value is -1.80. The van der Waals surface area contributed by atoms with E-state index in [1.165, 1.54) is 22.5 Å². The number of nitrogens with one attached hydrogen (secondary N) is 1. The summed E-state index contributed by atoms with van der Waals surface area (Å²) in [7, 11) is 2.12. The van der Waals surface area contributed by atoms with Crippen molar-refractivity contribution in [2.24, 2.45) is 0 Å². The van der Waals surface area contributed by atoms with Crippen molar-refractivity contribution in [2.45, 2.75) is 13.0 Å². The summed E-state index contributed by atoms with van der Waals surface area (Å²) in [4.78, 5) is 2.24. The highest BCUT2D eigenvalue weighted by Crippen LogP contribution is 2.26. The van der Waals surface area contributed by atoms with Crippen LogP contribution in [-0.2, 0) is 13.0 Å². The topological polar surface area (TPSA) is 15.3 Å². The lowest BCUT2D eigenvalue weighted by Gasteiger charge is -2.23. The maximum Gasteiger partial charge on any atom is 0.0411 e. The van der Waals surface area contributed by atoms with Crippen LogP contribution in [0.1, 0.15) is 11.1 Å². The van der Waals surface area contributed by atoms with Crippen LogP contribution >= 0.6 is 0 Å². The van der Waals surface area contributed by atoms with E-state index in [2.05, 4.69) is 65.8 Å². The Labute approximate surface area is 108 Å². The van der Waals surface area contributed by atoms with Gasteiger partial charge in [-0.1, -0.05) is 24.3 Å². The first-order valence-electron chi connectivity index (χ1n) is 6.46. The van der Waals surface area contributed by atoms with E-state index in [1.54, 1.807) is 0 Å². The SMILES string of the molecule is CN(c1ccccc1)c1ccc2c(c1)CCNC2. The average molecular weight is 238 g/mol. The molecule has 0 aliphatic carbocycles. The Bertz CT molecular complexity index is 534. The van der Waals surface area contributed by atoms with Gasteiger partial charge in [-0.15, -0.1) is 0 Å². The van der Waals surface area contributed by atoms with Crippen LogP contribution in [0, 0.1) is 0 Å². The quantitative estimate of drug-likeness (QED) is 0.865. The molecule has 0 saturated carbocycles. The van der Waals surface area contributed by atoms with Gasteiger partial charge in [0.15, 0.2) is 0 Å². The molecular formula is C16H18N2. The Morgan fingerprint density at radius 3 is 2.61 bits per heavy atom. The lowest BCUT2D eigenvalue weighted by atomic mass is 10.00. The zero-order chi connectivity index (χ0) is 12.4. The van der Waals surface area contributed by atoms with E-state index in [0.717, 1.165) is 19.5 Å². The highest BCUT2D eigenvalue weighted by Gasteiger charge is 2.11. The molecule has 1 heterocycles. The third-order valence-corrected chi connectivity index (χ3v) is 3.61. The average Bonchev–Trinajstić information content (AvgIpc) is 2.47. The van der Waals surface area contributed by atoms with E-state index >= 15 is 0 Å². The van der Waals surface area contributed by atoms with Crippen molar-refractivity contribution in [1.82, 2.24) is 5.32 Å². The van der Waals surface area contributed by atoms with Crippen LogP contribution < -0.4 is 10.2 Å². The summed E-state index contributed by atoms with van der Waals surface area (Å²) in [6.07, 6.45) is 1.13. The molecular weight excluding hydrogens is 220 g/mol. The molecule has 0 radical (unpaired) electrons. The van der Waals surface area contributed by atoms with Gasteiger partial charge >= 0.3 is 0 Å². The molecule has 92 valence electrons. The smallest absolute Gasteiger partial charge is 0.0411 e. The molecule has 0 fully saturated rings. The Balaban J connectivity index is 1.93. The van der Waals surface area contributed by atoms with Crippen LogP contribution in [0.2, 0.25) is 0 Å². The molecule has 1 aliphatic heterocycles. The number of rotatable bonds is 2. The lowest BCUT2D eigenvalue weighted by Crippen LogP contribution is -2.23. The van der Waals surface area contributed by atoms with E-state index in [1.807, 2.05) is 0 Å². The molecule has 1 aliphatic rings. The molecule has 2 aromatic rings. The number of nitrogens with zero attached hydrogens (tertiary/aromatic N) is 1. The minimum absolute atomic E-state index is 1.00. The second-order valence-electron chi connectivity index (χ2n) is 4.77. The van der Waals surface area contributed by atoms with Crippen LogP contribution in [0.25, 0.3) is 0 Å². The van der Waals surface area contributed by atoms with Crippen molar-refractivity contribution in [3.05, 3.63) is 59.7 Å². The highest BCUT2D eigenvalue weighted by atomic mass is 15.1. The van der Waals surface area contributed by atoms with Gasteiger partial charge in [0, 0.05) is 25.0 Å². The molecule has 0 spiro atoms. The van der Waals surface area contributed by atoms with E-state index in [9.17, 15) is 0 Å². The summed E-state index contributed by atoms with van der Waals surface area (Å²) >= 11 is 0. The Morgan fingerprint density at radius 1 is 0.944 bits per heavy atom. The normalized spacial score (nSPS) is 14.1. The predicted octanol–water partition coefficient (Wildman–Crippen LogP) is 3.10. The summed E-state index contributed by atoms with van der Waals surface area (Å²) < 4.78 is 0. The van der Waals surface area contributed by atoms with Crippen LogP contribution in [0.15, 0.2) is 48.5 Å². The molecule has 18 heavy (non-hydrogen) atoms. The minimum atomic E-state index is 1.00. The van der Waals surface area contributed by atoms with E-state index in [-0.39, 0.29) is 0 Å². The molecule has 2 aromatic carbocycles. The molecule has 0 unspecified atom stereocenters. The van der Waals surface area contributed by atoms with Crippen LogP contribution in [-0.4, -0.2) is 13.6 Å². The fourth-order valence-corrected chi connectivity index (χ4v) is 2.47. The van der Waals surface area contributed by atoms with Crippen molar-refractivity contribution in [2.75, 3.05) is 18.5 Å². The van der Waals surface area contributed by atoms with Crippen LogP contribution in [0.4, 0.5) is 11.4 Å². The van der Waals surface area contributed by atoms with Crippen LogP contribution in [0.3, 0.4) is 0 Å². The number of hydrogen-bond donors (Lipinski definition) is 1. The molecule has 0 atom stereocenters. The van der Waals surface area contributed by atoms with E-state index < -0.39 is 0 Å². The zero-order valence-corrected chi connectivity index (χ0v) is 10.7.